The van der Waals surface area contributed by atoms with Crippen molar-refractivity contribution >= 4 is 22.7 Å². The Morgan fingerprint density at radius 2 is 2.04 bits per heavy atom. The van der Waals surface area contributed by atoms with Crippen molar-refractivity contribution in [2.24, 2.45) is 0 Å². The maximum atomic E-state index is 12.7. The highest BCUT2D eigenvalue weighted by Crippen LogP contribution is 2.27. The van der Waals surface area contributed by atoms with Crippen molar-refractivity contribution in [3.63, 3.8) is 0 Å². The molecule has 2 atom stereocenters. The van der Waals surface area contributed by atoms with E-state index in [1.54, 1.807) is 4.90 Å². The maximum absolute atomic E-state index is 12.7. The second kappa shape index (κ2) is 6.69. The minimum atomic E-state index is -0.481. The highest BCUT2D eigenvalue weighted by atomic mass is 16.3. The van der Waals surface area contributed by atoms with E-state index < -0.39 is 6.10 Å². The molecule has 0 radical (unpaired) electrons. The van der Waals surface area contributed by atoms with Crippen molar-refractivity contribution in [1.82, 2.24) is 9.80 Å². The third-order valence-electron chi connectivity index (χ3n) is 5.31. The molecule has 2 N–H and O–H groups in total. The zero-order chi connectivity index (χ0) is 17.4. The summed E-state index contributed by atoms with van der Waals surface area (Å²) in [7, 11) is 0. The summed E-state index contributed by atoms with van der Waals surface area (Å²) in [5, 5.41) is 14.3. The summed E-state index contributed by atoms with van der Waals surface area (Å²) < 4.78 is 5.71. The normalized spacial score (nSPS) is 24.8. The fourth-order valence-corrected chi connectivity index (χ4v) is 4.03. The Balaban J connectivity index is 1.46. The van der Waals surface area contributed by atoms with Crippen LogP contribution in [0, 0.1) is 6.92 Å². The third-order valence-corrected chi connectivity index (χ3v) is 5.31. The number of nitrogens with zero attached hydrogens (tertiary/aromatic N) is 2. The van der Waals surface area contributed by atoms with Crippen LogP contribution in [-0.4, -0.2) is 59.3 Å². The van der Waals surface area contributed by atoms with Gasteiger partial charge in [-0.05, 0) is 45.0 Å². The molecule has 0 aliphatic carbocycles. The van der Waals surface area contributed by atoms with Crippen LogP contribution in [0.1, 0.15) is 25.0 Å². The highest BCUT2D eigenvalue weighted by molar-refractivity contribution is 5.99. The summed E-state index contributed by atoms with van der Waals surface area (Å²) in [6.07, 6.45) is 3.13. The van der Waals surface area contributed by atoms with E-state index in [1.165, 1.54) is 19.3 Å². The lowest BCUT2D eigenvalue weighted by Gasteiger charge is -2.33. The number of amides is 2. The van der Waals surface area contributed by atoms with Crippen LogP contribution in [0.4, 0.5) is 10.5 Å². The van der Waals surface area contributed by atoms with Crippen molar-refractivity contribution in [3.8, 4) is 0 Å². The van der Waals surface area contributed by atoms with E-state index in [0.29, 0.717) is 24.4 Å². The molecule has 2 aromatic rings. The lowest BCUT2D eigenvalue weighted by atomic mass is 10.1. The number of likely N-dealkylation sites (tertiary alicyclic amines) is 2. The highest BCUT2D eigenvalue weighted by Gasteiger charge is 2.38. The lowest BCUT2D eigenvalue weighted by Crippen LogP contribution is -2.46. The molecule has 0 bridgehead atoms. The first-order valence-electron chi connectivity index (χ1n) is 9.09. The van der Waals surface area contributed by atoms with E-state index in [9.17, 15) is 9.90 Å². The monoisotopic (exact) mass is 343 g/mol. The number of aliphatic hydroxyl groups excluding tert-OH is 1. The van der Waals surface area contributed by atoms with Gasteiger partial charge in [0.2, 0.25) is 0 Å². The Labute approximate surface area is 147 Å². The van der Waals surface area contributed by atoms with Gasteiger partial charge in [0.25, 0.3) is 0 Å². The van der Waals surface area contributed by atoms with Gasteiger partial charge >= 0.3 is 6.03 Å². The number of fused-ring (bicyclic) bond motifs is 1. The van der Waals surface area contributed by atoms with Crippen LogP contribution < -0.4 is 5.32 Å². The van der Waals surface area contributed by atoms with Gasteiger partial charge < -0.3 is 19.7 Å². The number of carbonyl (C=O) groups excluding carboxylic acids is 1. The third kappa shape index (κ3) is 3.24. The number of aryl methyl sites for hydroxylation is 1. The average molecular weight is 343 g/mol. The summed E-state index contributed by atoms with van der Waals surface area (Å²) in [5.41, 5.74) is 1.37. The first kappa shape index (κ1) is 16.4. The van der Waals surface area contributed by atoms with Crippen molar-refractivity contribution in [3.05, 3.63) is 30.0 Å². The Kier molecular flexibility index (Phi) is 4.39. The number of rotatable bonds is 2. The molecule has 6 heteroatoms. The average Bonchev–Trinajstić information content (AvgIpc) is 3.18. The Hall–Kier alpha value is -2.05. The number of urea groups is 1. The molecule has 4 rings (SSSR count). The molecule has 2 fully saturated rings. The van der Waals surface area contributed by atoms with Gasteiger partial charge in [-0.3, -0.25) is 4.90 Å². The van der Waals surface area contributed by atoms with E-state index >= 15 is 0 Å². The summed E-state index contributed by atoms with van der Waals surface area (Å²) in [4.78, 5) is 16.7. The Bertz CT molecular complexity index is 766. The van der Waals surface area contributed by atoms with Gasteiger partial charge in [-0.2, -0.15) is 0 Å². The van der Waals surface area contributed by atoms with E-state index in [-0.39, 0.29) is 12.1 Å². The first-order valence-corrected chi connectivity index (χ1v) is 9.09. The van der Waals surface area contributed by atoms with Crippen LogP contribution in [0.5, 0.6) is 0 Å². The lowest BCUT2D eigenvalue weighted by molar-refractivity contribution is 0.0706. The number of piperidine rings is 1. The van der Waals surface area contributed by atoms with Crippen LogP contribution >= 0.6 is 0 Å². The molecule has 2 amide bonds. The number of para-hydroxylation sites is 1. The number of anilines is 1. The van der Waals surface area contributed by atoms with Crippen LogP contribution in [0.15, 0.2) is 28.7 Å². The number of aliphatic hydroxyl groups is 1. The molecule has 0 saturated carbocycles. The number of benzene rings is 1. The van der Waals surface area contributed by atoms with Gasteiger partial charge in [0.15, 0.2) is 5.58 Å². The molecule has 2 aliphatic heterocycles. The zero-order valence-electron chi connectivity index (χ0n) is 14.6. The molecule has 1 aromatic carbocycles. The number of carbonyl (C=O) groups is 1. The van der Waals surface area contributed by atoms with Crippen LogP contribution in [0.3, 0.4) is 0 Å². The summed E-state index contributed by atoms with van der Waals surface area (Å²) in [6.45, 7) is 4.87. The topological polar surface area (TPSA) is 69.0 Å². The molecule has 0 unspecified atom stereocenters. The Morgan fingerprint density at radius 1 is 1.24 bits per heavy atom. The van der Waals surface area contributed by atoms with E-state index in [1.807, 2.05) is 31.2 Å². The quantitative estimate of drug-likeness (QED) is 0.880. The molecule has 6 nitrogen and oxygen atoms in total. The molecule has 134 valence electrons. The Morgan fingerprint density at radius 3 is 2.84 bits per heavy atom. The standard InChI is InChI=1S/C19H25N3O3/c1-13-10-14-6-5-7-15(18(14)25-13)20-19(24)22-11-16(17(23)12-22)21-8-3-2-4-9-21/h5-7,10,16-17,23H,2-4,8-9,11-12H2,1H3,(H,20,24)/t16-,17-/m0/s1. The van der Waals surface area contributed by atoms with E-state index in [4.69, 9.17) is 4.42 Å². The molecule has 3 heterocycles. The summed E-state index contributed by atoms with van der Waals surface area (Å²) in [5.74, 6) is 0.818. The fraction of sp³-hybridized carbons (Fsp3) is 0.526. The number of hydrogen-bond donors (Lipinski definition) is 2. The van der Waals surface area contributed by atoms with Crippen LogP contribution in [0.25, 0.3) is 11.0 Å². The number of furan rings is 1. The van der Waals surface area contributed by atoms with Gasteiger partial charge in [-0.25, -0.2) is 4.79 Å². The van der Waals surface area contributed by atoms with Crippen LogP contribution in [-0.2, 0) is 0 Å². The number of β-amino-alcohol motifs (C(OH)–C–C–N with tert-alkyl or cyclic N) is 1. The van der Waals surface area contributed by atoms with Crippen molar-refractivity contribution < 1.29 is 14.3 Å². The minimum Gasteiger partial charge on any atom is -0.459 e. The van der Waals surface area contributed by atoms with Gasteiger partial charge in [0, 0.05) is 11.9 Å². The SMILES string of the molecule is Cc1cc2cccc(NC(=O)N3C[C@H](O)[C@@H](N4CCCCC4)C3)c2o1. The molecule has 0 spiro atoms. The van der Waals surface area contributed by atoms with Gasteiger partial charge in [0.05, 0.1) is 24.4 Å². The van der Waals surface area contributed by atoms with Gasteiger partial charge in [0.1, 0.15) is 5.76 Å². The minimum absolute atomic E-state index is 0.0488. The molecule has 1 aromatic heterocycles. The molecule has 25 heavy (non-hydrogen) atoms. The van der Waals surface area contributed by atoms with E-state index in [0.717, 1.165) is 24.2 Å². The van der Waals surface area contributed by atoms with E-state index in [2.05, 4.69) is 10.2 Å². The molecular weight excluding hydrogens is 318 g/mol. The van der Waals surface area contributed by atoms with Crippen molar-refractivity contribution in [2.45, 2.75) is 38.3 Å². The predicted molar refractivity (Wildman–Crippen MR) is 96.8 cm³/mol. The molecule has 2 saturated heterocycles. The second-order valence-electron chi connectivity index (χ2n) is 7.15. The van der Waals surface area contributed by atoms with Crippen molar-refractivity contribution in [2.75, 3.05) is 31.5 Å². The number of hydrogen-bond acceptors (Lipinski definition) is 4. The van der Waals surface area contributed by atoms with Crippen molar-refractivity contribution in [1.29, 1.82) is 0 Å². The largest absolute Gasteiger partial charge is 0.459 e. The zero-order valence-corrected chi connectivity index (χ0v) is 14.6. The van der Waals surface area contributed by atoms with Gasteiger partial charge in [-0.15, -0.1) is 0 Å². The smallest absolute Gasteiger partial charge is 0.322 e. The summed E-state index contributed by atoms with van der Waals surface area (Å²) >= 11 is 0. The molecular formula is C19H25N3O3. The molecule has 2 aliphatic rings. The predicted octanol–water partition coefficient (Wildman–Crippen LogP) is 2.80. The first-order chi connectivity index (χ1) is 12.1. The van der Waals surface area contributed by atoms with Gasteiger partial charge in [-0.1, -0.05) is 18.6 Å². The number of nitrogens with one attached hydrogen (secondary N) is 1. The maximum Gasteiger partial charge on any atom is 0.322 e. The summed E-state index contributed by atoms with van der Waals surface area (Å²) in [6, 6.07) is 7.54. The fourth-order valence-electron chi connectivity index (χ4n) is 4.03. The second-order valence-corrected chi connectivity index (χ2v) is 7.15. The van der Waals surface area contributed by atoms with Crippen LogP contribution in [0.2, 0.25) is 0 Å².